The highest BCUT2D eigenvalue weighted by Gasteiger charge is 2.28. The fraction of sp³-hybridized carbons (Fsp3) is 0.238. The predicted molar refractivity (Wildman–Crippen MR) is 111 cm³/mol. The van der Waals surface area contributed by atoms with Crippen LogP contribution in [0.5, 0.6) is 0 Å². The molecule has 2 aromatic carbocycles. The van der Waals surface area contributed by atoms with Crippen molar-refractivity contribution in [2.24, 2.45) is 0 Å². The molecule has 6 heteroatoms. The molecule has 1 aliphatic rings. The Labute approximate surface area is 163 Å². The Kier molecular flexibility index (Phi) is 5.55. The van der Waals surface area contributed by atoms with Crippen molar-refractivity contribution in [2.45, 2.75) is 6.04 Å². The average molecular weight is 379 g/mol. The van der Waals surface area contributed by atoms with Crippen molar-refractivity contribution in [2.75, 3.05) is 29.9 Å². The van der Waals surface area contributed by atoms with Crippen LogP contribution < -0.4 is 5.32 Å². The van der Waals surface area contributed by atoms with E-state index in [1.54, 1.807) is 12.4 Å². The number of imidazole rings is 1. The number of H-pyrrole nitrogens is 1. The second-order valence-corrected chi connectivity index (χ2v) is 7.69. The van der Waals surface area contributed by atoms with Crippen LogP contribution in [0.2, 0.25) is 0 Å². The summed E-state index contributed by atoms with van der Waals surface area (Å²) >= 11 is 1.94. The number of nitrogens with zero attached hydrogens (tertiary/aromatic N) is 2. The molecule has 5 nitrogen and oxygen atoms in total. The summed E-state index contributed by atoms with van der Waals surface area (Å²) in [5, 5.41) is 3.11. The van der Waals surface area contributed by atoms with Gasteiger partial charge in [0, 0.05) is 48.2 Å². The molecule has 4 rings (SSSR count). The van der Waals surface area contributed by atoms with Crippen LogP contribution in [-0.2, 0) is 4.79 Å². The summed E-state index contributed by atoms with van der Waals surface area (Å²) in [5.41, 5.74) is 2.76. The quantitative estimate of drug-likeness (QED) is 0.709. The topological polar surface area (TPSA) is 61.0 Å². The van der Waals surface area contributed by atoms with E-state index in [1.807, 2.05) is 66.4 Å². The summed E-state index contributed by atoms with van der Waals surface area (Å²) in [6, 6.07) is 17.5. The van der Waals surface area contributed by atoms with E-state index in [1.165, 1.54) is 0 Å². The van der Waals surface area contributed by atoms with E-state index in [0.29, 0.717) is 0 Å². The van der Waals surface area contributed by atoms with Crippen molar-refractivity contribution in [1.29, 1.82) is 0 Å². The molecule has 2 heterocycles. The molecule has 27 heavy (non-hydrogen) atoms. The van der Waals surface area contributed by atoms with Crippen molar-refractivity contribution in [1.82, 2.24) is 14.9 Å². The minimum atomic E-state index is -0.278. The number of rotatable bonds is 5. The zero-order chi connectivity index (χ0) is 18.5. The van der Waals surface area contributed by atoms with E-state index in [2.05, 4.69) is 20.2 Å². The zero-order valence-electron chi connectivity index (χ0n) is 15.0. The van der Waals surface area contributed by atoms with Crippen molar-refractivity contribution in [3.05, 3.63) is 72.6 Å². The maximum Gasteiger partial charge on any atom is 0.246 e. The van der Waals surface area contributed by atoms with Crippen molar-refractivity contribution in [3.8, 4) is 11.4 Å². The first-order valence-electron chi connectivity index (χ1n) is 9.09. The summed E-state index contributed by atoms with van der Waals surface area (Å²) in [5.74, 6) is 2.92. The third-order valence-electron chi connectivity index (χ3n) is 4.68. The van der Waals surface area contributed by atoms with E-state index >= 15 is 0 Å². The van der Waals surface area contributed by atoms with Gasteiger partial charge in [-0.15, -0.1) is 0 Å². The van der Waals surface area contributed by atoms with E-state index in [0.717, 1.165) is 47.2 Å². The molecular formula is C21H22N4OS. The van der Waals surface area contributed by atoms with Crippen LogP contribution in [0.3, 0.4) is 0 Å². The molecular weight excluding hydrogens is 356 g/mol. The number of nitrogens with one attached hydrogen (secondary N) is 2. The fourth-order valence-electron chi connectivity index (χ4n) is 3.38. The molecule has 1 unspecified atom stereocenters. The van der Waals surface area contributed by atoms with Crippen LogP contribution in [0, 0.1) is 0 Å². The third-order valence-corrected chi connectivity index (χ3v) is 5.62. The van der Waals surface area contributed by atoms with Gasteiger partial charge in [0.2, 0.25) is 5.91 Å². The van der Waals surface area contributed by atoms with Gasteiger partial charge in [0.05, 0.1) is 0 Å². The number of hydrogen-bond donors (Lipinski definition) is 2. The first-order chi connectivity index (χ1) is 13.3. The van der Waals surface area contributed by atoms with Crippen LogP contribution in [0.15, 0.2) is 67.0 Å². The average Bonchev–Trinajstić information content (AvgIpc) is 3.25. The number of amides is 1. The Bertz CT molecular complexity index is 876. The summed E-state index contributed by atoms with van der Waals surface area (Å²) in [6.07, 6.45) is 3.51. The summed E-state index contributed by atoms with van der Waals surface area (Å²) in [6.45, 7) is 1.84. The normalized spacial score (nSPS) is 16.0. The molecule has 1 atom stereocenters. The smallest absolute Gasteiger partial charge is 0.246 e. The Balaban J connectivity index is 1.57. The Morgan fingerprint density at radius 1 is 1.11 bits per heavy atom. The van der Waals surface area contributed by atoms with E-state index < -0.39 is 0 Å². The maximum atomic E-state index is 13.2. The molecule has 1 aliphatic heterocycles. The van der Waals surface area contributed by atoms with Gasteiger partial charge in [-0.3, -0.25) is 9.69 Å². The third kappa shape index (κ3) is 4.23. The zero-order valence-corrected chi connectivity index (χ0v) is 15.8. The van der Waals surface area contributed by atoms with Crippen molar-refractivity contribution in [3.63, 3.8) is 0 Å². The number of aromatic nitrogens is 2. The first-order valence-corrected chi connectivity index (χ1v) is 10.2. The largest absolute Gasteiger partial charge is 0.345 e. The van der Waals surface area contributed by atoms with Crippen LogP contribution in [0.4, 0.5) is 5.69 Å². The Morgan fingerprint density at radius 2 is 1.93 bits per heavy atom. The molecule has 0 bridgehead atoms. The van der Waals surface area contributed by atoms with Gasteiger partial charge in [-0.2, -0.15) is 11.8 Å². The summed E-state index contributed by atoms with van der Waals surface area (Å²) in [7, 11) is 0. The number of carbonyl (C=O) groups excluding carboxylic acids is 1. The minimum absolute atomic E-state index is 0.00435. The molecule has 138 valence electrons. The highest BCUT2D eigenvalue weighted by atomic mass is 32.2. The Hall–Kier alpha value is -2.57. The molecule has 0 radical (unpaired) electrons. The highest BCUT2D eigenvalue weighted by molar-refractivity contribution is 7.99. The molecule has 0 aliphatic carbocycles. The van der Waals surface area contributed by atoms with E-state index in [9.17, 15) is 4.79 Å². The van der Waals surface area contributed by atoms with Gasteiger partial charge in [0.1, 0.15) is 11.9 Å². The molecule has 2 N–H and O–H groups in total. The van der Waals surface area contributed by atoms with Crippen LogP contribution in [0.25, 0.3) is 11.4 Å². The monoisotopic (exact) mass is 378 g/mol. The number of aromatic amines is 1. The minimum Gasteiger partial charge on any atom is -0.345 e. The van der Waals surface area contributed by atoms with Crippen LogP contribution in [0.1, 0.15) is 11.6 Å². The van der Waals surface area contributed by atoms with Gasteiger partial charge in [-0.1, -0.05) is 42.5 Å². The lowest BCUT2D eigenvalue weighted by molar-refractivity contribution is -0.121. The fourth-order valence-corrected chi connectivity index (χ4v) is 4.31. The predicted octanol–water partition coefficient (Wildman–Crippen LogP) is 3.81. The van der Waals surface area contributed by atoms with Gasteiger partial charge in [-0.25, -0.2) is 4.98 Å². The number of anilines is 1. The van der Waals surface area contributed by atoms with E-state index in [4.69, 9.17) is 0 Å². The SMILES string of the molecule is O=C(Nc1cccc(-c2ncc[nH]2)c1)C(c1ccccc1)N1CCSCC1. The van der Waals surface area contributed by atoms with Gasteiger partial charge < -0.3 is 10.3 Å². The molecule has 1 aromatic heterocycles. The number of hydrogen-bond acceptors (Lipinski definition) is 4. The second-order valence-electron chi connectivity index (χ2n) is 6.47. The van der Waals surface area contributed by atoms with Crippen LogP contribution >= 0.6 is 11.8 Å². The summed E-state index contributed by atoms with van der Waals surface area (Å²) < 4.78 is 0. The maximum absolute atomic E-state index is 13.2. The molecule has 1 fully saturated rings. The first kappa shape index (κ1) is 17.8. The molecule has 0 spiro atoms. The number of carbonyl (C=O) groups is 1. The van der Waals surface area contributed by atoms with Crippen molar-refractivity contribution < 1.29 is 4.79 Å². The van der Waals surface area contributed by atoms with Crippen LogP contribution in [-0.4, -0.2) is 45.4 Å². The lowest BCUT2D eigenvalue weighted by Crippen LogP contribution is -2.41. The van der Waals surface area contributed by atoms with Gasteiger partial charge >= 0.3 is 0 Å². The summed E-state index contributed by atoms with van der Waals surface area (Å²) in [4.78, 5) is 22.9. The van der Waals surface area contributed by atoms with Gasteiger partial charge in [0.15, 0.2) is 0 Å². The van der Waals surface area contributed by atoms with Gasteiger partial charge in [-0.05, 0) is 17.7 Å². The molecule has 1 saturated heterocycles. The standard InChI is InChI=1S/C21H22N4OS/c26-21(24-18-8-4-7-17(15-18)20-22-9-10-23-20)19(16-5-2-1-3-6-16)25-11-13-27-14-12-25/h1-10,15,19H,11-14H2,(H,22,23)(H,24,26). The number of benzene rings is 2. The lowest BCUT2D eigenvalue weighted by Gasteiger charge is -2.33. The number of thioether (sulfide) groups is 1. The molecule has 1 amide bonds. The van der Waals surface area contributed by atoms with Crippen molar-refractivity contribution >= 4 is 23.4 Å². The molecule has 3 aromatic rings. The Morgan fingerprint density at radius 3 is 2.67 bits per heavy atom. The lowest BCUT2D eigenvalue weighted by atomic mass is 10.0. The molecule has 0 saturated carbocycles. The second kappa shape index (κ2) is 8.41. The van der Waals surface area contributed by atoms with Gasteiger partial charge in [0.25, 0.3) is 0 Å². The van der Waals surface area contributed by atoms with E-state index in [-0.39, 0.29) is 11.9 Å². The highest BCUT2D eigenvalue weighted by Crippen LogP contribution is 2.27.